The van der Waals surface area contributed by atoms with Crippen LogP contribution in [0.1, 0.15) is 56.1 Å². The summed E-state index contributed by atoms with van der Waals surface area (Å²) in [6.45, 7) is 2.65. The van der Waals surface area contributed by atoms with Crippen molar-refractivity contribution in [3.63, 3.8) is 0 Å². The highest BCUT2D eigenvalue weighted by Crippen LogP contribution is 2.38. The first-order valence-corrected chi connectivity index (χ1v) is 11.9. The molecule has 0 radical (unpaired) electrons. The van der Waals surface area contributed by atoms with E-state index in [4.69, 9.17) is 4.74 Å². The van der Waals surface area contributed by atoms with Crippen LogP contribution in [0.15, 0.2) is 60.7 Å². The first-order valence-electron chi connectivity index (χ1n) is 11.9. The van der Waals surface area contributed by atoms with E-state index in [9.17, 15) is 5.11 Å². The number of aliphatic hydroxyl groups is 1. The predicted molar refractivity (Wildman–Crippen MR) is 122 cm³/mol. The monoisotopic (exact) mass is 407 g/mol. The molecule has 2 aromatic carbocycles. The number of aliphatic hydroxyl groups excluding tert-OH is 1. The number of hydrogen-bond donors (Lipinski definition) is 1. The zero-order valence-electron chi connectivity index (χ0n) is 18.2. The summed E-state index contributed by atoms with van der Waals surface area (Å²) in [5.41, 5.74) is 2.49. The molecule has 4 rings (SSSR count). The minimum Gasteiger partial charge on any atom is -0.378 e. The molecule has 3 heteroatoms. The number of rotatable bonds is 9. The molecule has 3 nitrogen and oxygen atoms in total. The largest absolute Gasteiger partial charge is 0.378 e. The van der Waals surface area contributed by atoms with Crippen LogP contribution >= 0.6 is 0 Å². The van der Waals surface area contributed by atoms with Crippen LogP contribution in [-0.4, -0.2) is 35.4 Å². The molecule has 1 saturated carbocycles. The molecule has 2 aromatic rings. The minimum atomic E-state index is -0.344. The van der Waals surface area contributed by atoms with E-state index in [2.05, 4.69) is 53.4 Å². The van der Waals surface area contributed by atoms with Crippen molar-refractivity contribution in [1.82, 2.24) is 4.90 Å². The zero-order valence-corrected chi connectivity index (χ0v) is 18.2. The third kappa shape index (κ3) is 5.94. The predicted octanol–water partition coefficient (Wildman–Crippen LogP) is 5.43. The van der Waals surface area contributed by atoms with Crippen molar-refractivity contribution in [2.24, 2.45) is 11.8 Å². The van der Waals surface area contributed by atoms with Crippen molar-refractivity contribution in [2.75, 3.05) is 13.2 Å². The summed E-state index contributed by atoms with van der Waals surface area (Å²) in [6.07, 6.45) is 9.31. The summed E-state index contributed by atoms with van der Waals surface area (Å²) in [5.74, 6) is 1.56. The van der Waals surface area contributed by atoms with Crippen LogP contribution in [-0.2, 0) is 17.8 Å². The third-order valence-electron chi connectivity index (χ3n) is 7.20. The summed E-state index contributed by atoms with van der Waals surface area (Å²) in [4.78, 5) is 2.40. The van der Waals surface area contributed by atoms with Crippen molar-refractivity contribution < 1.29 is 9.84 Å². The van der Waals surface area contributed by atoms with Gasteiger partial charge in [0.25, 0.3) is 0 Å². The molecular weight excluding hydrogens is 370 g/mol. The Morgan fingerprint density at radius 1 is 0.867 bits per heavy atom. The molecule has 2 fully saturated rings. The van der Waals surface area contributed by atoms with Crippen LogP contribution in [0.4, 0.5) is 0 Å². The highest BCUT2D eigenvalue weighted by molar-refractivity contribution is 5.15. The molecule has 30 heavy (non-hydrogen) atoms. The lowest BCUT2D eigenvalue weighted by atomic mass is 9.77. The van der Waals surface area contributed by atoms with Crippen LogP contribution in [0, 0.1) is 11.8 Å². The van der Waals surface area contributed by atoms with Gasteiger partial charge >= 0.3 is 0 Å². The Balaban J connectivity index is 1.18. The van der Waals surface area contributed by atoms with Crippen LogP contribution in [0.2, 0.25) is 0 Å². The quantitative estimate of drug-likeness (QED) is 0.563. The molecule has 2 atom stereocenters. The van der Waals surface area contributed by atoms with Gasteiger partial charge in [0.2, 0.25) is 0 Å². The maximum absolute atomic E-state index is 10.9. The number of benzene rings is 2. The maximum atomic E-state index is 10.9. The normalized spacial score (nSPS) is 26.0. The Kier molecular flexibility index (Phi) is 7.96. The van der Waals surface area contributed by atoms with Gasteiger partial charge in [0, 0.05) is 25.6 Å². The fraction of sp³-hybridized carbons (Fsp3) is 0.556. The average Bonchev–Trinajstić information content (AvgIpc) is 3.29. The molecule has 0 bridgehead atoms. The van der Waals surface area contributed by atoms with E-state index in [1.54, 1.807) is 0 Å². The molecular formula is C27H37NO2. The van der Waals surface area contributed by atoms with Crippen molar-refractivity contribution in [2.45, 2.75) is 70.2 Å². The van der Waals surface area contributed by atoms with Crippen molar-refractivity contribution in [3.8, 4) is 0 Å². The molecule has 0 spiro atoms. The molecule has 1 unspecified atom stereocenters. The first kappa shape index (κ1) is 21.5. The van der Waals surface area contributed by atoms with Gasteiger partial charge in [-0.1, -0.05) is 73.5 Å². The molecule has 1 saturated heterocycles. The maximum Gasteiger partial charge on any atom is 0.111 e. The Bertz CT molecular complexity index is 727. The second-order valence-electron chi connectivity index (χ2n) is 9.23. The SMILES string of the molecule is OC(Cc1ccccc1)N1CCC[C@@H]1C1CCC(CCOCc2ccccc2)CC1. The second-order valence-corrected chi connectivity index (χ2v) is 9.23. The van der Waals surface area contributed by atoms with Crippen LogP contribution in [0.5, 0.6) is 0 Å². The lowest BCUT2D eigenvalue weighted by Gasteiger charge is -2.38. The van der Waals surface area contributed by atoms with Gasteiger partial charge in [0.05, 0.1) is 6.61 Å². The summed E-state index contributed by atoms with van der Waals surface area (Å²) in [5, 5.41) is 10.9. The topological polar surface area (TPSA) is 32.7 Å². The van der Waals surface area contributed by atoms with Crippen LogP contribution in [0.25, 0.3) is 0 Å². The van der Waals surface area contributed by atoms with Gasteiger partial charge in [0.1, 0.15) is 6.23 Å². The van der Waals surface area contributed by atoms with E-state index in [-0.39, 0.29) is 6.23 Å². The Morgan fingerprint density at radius 3 is 2.23 bits per heavy atom. The highest BCUT2D eigenvalue weighted by atomic mass is 16.5. The minimum absolute atomic E-state index is 0.344. The molecule has 2 aliphatic rings. The summed E-state index contributed by atoms with van der Waals surface area (Å²) in [6, 6.07) is 21.4. The lowest BCUT2D eigenvalue weighted by molar-refractivity contribution is -0.0259. The fourth-order valence-electron chi connectivity index (χ4n) is 5.51. The first-order chi connectivity index (χ1) is 14.8. The van der Waals surface area contributed by atoms with E-state index >= 15 is 0 Å². The van der Waals surface area contributed by atoms with Crippen LogP contribution in [0.3, 0.4) is 0 Å². The summed E-state index contributed by atoms with van der Waals surface area (Å²) < 4.78 is 5.91. The van der Waals surface area contributed by atoms with E-state index in [1.165, 1.54) is 56.1 Å². The van der Waals surface area contributed by atoms with Gasteiger partial charge < -0.3 is 9.84 Å². The standard InChI is InChI=1S/C27H37NO2/c29-27(20-23-8-3-1-4-9-23)28-18-7-12-26(28)25-15-13-22(14-16-25)17-19-30-21-24-10-5-2-6-11-24/h1-6,8-11,22,25-27,29H,7,12-21H2/t22?,25?,26-,27?/m1/s1. The van der Waals surface area contributed by atoms with Crippen molar-refractivity contribution in [1.29, 1.82) is 0 Å². The van der Waals surface area contributed by atoms with Crippen molar-refractivity contribution in [3.05, 3.63) is 71.8 Å². The zero-order chi connectivity index (χ0) is 20.6. The second kappa shape index (κ2) is 11.1. The Morgan fingerprint density at radius 2 is 1.53 bits per heavy atom. The van der Waals surface area contributed by atoms with Gasteiger partial charge in [-0.15, -0.1) is 0 Å². The van der Waals surface area contributed by atoms with Gasteiger partial charge in [-0.05, 0) is 55.1 Å². The van der Waals surface area contributed by atoms with Crippen molar-refractivity contribution >= 4 is 0 Å². The Hall–Kier alpha value is -1.68. The average molecular weight is 408 g/mol. The van der Waals surface area contributed by atoms with E-state index < -0.39 is 0 Å². The molecule has 0 amide bonds. The third-order valence-corrected chi connectivity index (χ3v) is 7.20. The molecule has 1 aliphatic heterocycles. The van der Waals surface area contributed by atoms with E-state index in [0.717, 1.165) is 38.0 Å². The number of hydrogen-bond acceptors (Lipinski definition) is 3. The number of ether oxygens (including phenoxy) is 1. The lowest BCUT2D eigenvalue weighted by Crippen LogP contribution is -2.44. The summed E-state index contributed by atoms with van der Waals surface area (Å²) in [7, 11) is 0. The molecule has 162 valence electrons. The van der Waals surface area contributed by atoms with Gasteiger partial charge in [0.15, 0.2) is 0 Å². The van der Waals surface area contributed by atoms with E-state index in [1.807, 2.05) is 12.1 Å². The Labute approximate surface area is 182 Å². The fourth-order valence-corrected chi connectivity index (χ4v) is 5.51. The molecule has 1 N–H and O–H groups in total. The van der Waals surface area contributed by atoms with Gasteiger partial charge in [-0.25, -0.2) is 0 Å². The van der Waals surface area contributed by atoms with E-state index in [0.29, 0.717) is 6.04 Å². The van der Waals surface area contributed by atoms with Crippen LogP contribution < -0.4 is 0 Å². The highest BCUT2D eigenvalue weighted by Gasteiger charge is 2.36. The molecule has 1 aliphatic carbocycles. The van der Waals surface area contributed by atoms with Gasteiger partial charge in [-0.3, -0.25) is 4.90 Å². The smallest absolute Gasteiger partial charge is 0.111 e. The number of likely N-dealkylation sites (tertiary alicyclic amines) is 1. The number of nitrogens with zero attached hydrogens (tertiary/aromatic N) is 1. The molecule has 1 heterocycles. The van der Waals surface area contributed by atoms with Gasteiger partial charge in [-0.2, -0.15) is 0 Å². The summed E-state index contributed by atoms with van der Waals surface area (Å²) >= 11 is 0. The molecule has 0 aromatic heterocycles.